The van der Waals surface area contributed by atoms with Crippen LogP contribution in [0.2, 0.25) is 0 Å². The molecule has 98 valence electrons. The summed E-state index contributed by atoms with van der Waals surface area (Å²) in [6.07, 6.45) is 0. The molecule has 0 fully saturated rings. The third-order valence-electron chi connectivity index (χ3n) is 2.05. The molecule has 1 unspecified atom stereocenters. The lowest BCUT2D eigenvalue weighted by Gasteiger charge is -2.10. The summed E-state index contributed by atoms with van der Waals surface area (Å²) < 4.78 is 22.6. The first-order valence-corrected chi connectivity index (χ1v) is 4.86. The number of nitrogens with two attached hydrogens (primary N) is 1. The second kappa shape index (κ2) is 5.92. The molecule has 8 heteroatoms. The molecule has 1 aromatic rings. The van der Waals surface area contributed by atoms with Crippen LogP contribution in [0.5, 0.6) is 5.75 Å². The molecule has 0 radical (unpaired) electrons. The highest BCUT2D eigenvalue weighted by atomic mass is 19.1. The van der Waals surface area contributed by atoms with Crippen molar-refractivity contribution in [2.75, 3.05) is 13.7 Å². The third kappa shape index (κ3) is 3.39. The Labute approximate surface area is 101 Å². The fraction of sp³-hybridized carbons (Fsp3) is 0.300. The average molecular weight is 258 g/mol. The molecular formula is C10H11FN2O5. The normalized spacial score (nSPS) is 11.7. The van der Waals surface area contributed by atoms with Crippen LogP contribution in [0.15, 0.2) is 18.2 Å². The van der Waals surface area contributed by atoms with E-state index in [0.717, 1.165) is 12.1 Å². The van der Waals surface area contributed by atoms with Crippen LogP contribution in [-0.4, -0.2) is 30.7 Å². The van der Waals surface area contributed by atoms with Crippen LogP contribution in [-0.2, 0) is 9.53 Å². The molecule has 1 atom stereocenters. The number of methoxy groups -OCH3 is 1. The number of carbonyl (C=O) groups excluding carboxylic acids is 1. The molecule has 0 amide bonds. The van der Waals surface area contributed by atoms with E-state index in [-0.39, 0.29) is 12.4 Å². The lowest BCUT2D eigenvalue weighted by atomic mass is 10.3. The highest BCUT2D eigenvalue weighted by Crippen LogP contribution is 2.22. The van der Waals surface area contributed by atoms with Gasteiger partial charge in [0, 0.05) is 12.1 Å². The second-order valence-corrected chi connectivity index (χ2v) is 3.31. The number of hydrogen-bond acceptors (Lipinski definition) is 6. The van der Waals surface area contributed by atoms with Gasteiger partial charge in [0.25, 0.3) is 0 Å². The van der Waals surface area contributed by atoms with E-state index >= 15 is 0 Å². The van der Waals surface area contributed by atoms with Crippen molar-refractivity contribution in [3.63, 3.8) is 0 Å². The third-order valence-corrected chi connectivity index (χ3v) is 2.05. The van der Waals surface area contributed by atoms with E-state index in [9.17, 15) is 19.3 Å². The summed E-state index contributed by atoms with van der Waals surface area (Å²) in [7, 11) is 1.17. The molecule has 0 bridgehead atoms. The lowest BCUT2D eigenvalue weighted by Crippen LogP contribution is -2.37. The number of nitro groups is 1. The molecule has 0 aromatic heterocycles. The largest absolute Gasteiger partial charge is 0.491 e. The number of nitro benzene ring substituents is 1. The number of halogens is 1. The van der Waals surface area contributed by atoms with E-state index in [4.69, 9.17) is 10.5 Å². The van der Waals surface area contributed by atoms with Crippen LogP contribution in [0.25, 0.3) is 0 Å². The van der Waals surface area contributed by atoms with Crippen molar-refractivity contribution < 1.29 is 23.6 Å². The van der Waals surface area contributed by atoms with Crippen molar-refractivity contribution >= 4 is 11.7 Å². The fourth-order valence-electron chi connectivity index (χ4n) is 1.13. The molecule has 0 saturated heterocycles. The van der Waals surface area contributed by atoms with Crippen molar-refractivity contribution in [1.82, 2.24) is 0 Å². The van der Waals surface area contributed by atoms with Gasteiger partial charge in [-0.05, 0) is 6.07 Å². The Hall–Kier alpha value is -2.22. The van der Waals surface area contributed by atoms with Crippen molar-refractivity contribution in [3.05, 3.63) is 34.1 Å². The molecule has 0 spiro atoms. The smallest absolute Gasteiger partial charge is 0.326 e. The molecule has 18 heavy (non-hydrogen) atoms. The summed E-state index contributed by atoms with van der Waals surface area (Å²) in [5.74, 6) is -1.65. The van der Waals surface area contributed by atoms with E-state index in [1.807, 2.05) is 0 Å². The Balaban J connectivity index is 2.67. The highest BCUT2D eigenvalue weighted by Gasteiger charge is 2.17. The lowest BCUT2D eigenvalue weighted by molar-refractivity contribution is -0.387. The minimum atomic E-state index is -1.02. The number of rotatable bonds is 5. The molecule has 0 aliphatic heterocycles. The van der Waals surface area contributed by atoms with Crippen molar-refractivity contribution in [2.45, 2.75) is 6.04 Å². The summed E-state index contributed by atoms with van der Waals surface area (Å²) in [5.41, 5.74) is 4.74. The van der Waals surface area contributed by atoms with Crippen LogP contribution < -0.4 is 10.5 Å². The van der Waals surface area contributed by atoms with Gasteiger partial charge in [-0.25, -0.2) is 0 Å². The van der Waals surface area contributed by atoms with Gasteiger partial charge in [-0.2, -0.15) is 4.39 Å². The van der Waals surface area contributed by atoms with Crippen molar-refractivity contribution in [2.24, 2.45) is 5.73 Å². The van der Waals surface area contributed by atoms with Gasteiger partial charge in [0.05, 0.1) is 12.0 Å². The number of benzene rings is 1. The maximum absolute atomic E-state index is 13.2. The molecular weight excluding hydrogens is 247 g/mol. The summed E-state index contributed by atoms with van der Waals surface area (Å²) in [6.45, 7) is -0.218. The zero-order chi connectivity index (χ0) is 13.7. The number of carbonyl (C=O) groups is 1. The minimum absolute atomic E-state index is 0.0393. The second-order valence-electron chi connectivity index (χ2n) is 3.31. The van der Waals surface area contributed by atoms with E-state index < -0.39 is 28.4 Å². The molecule has 0 aliphatic rings. The number of nitrogens with zero attached hydrogens (tertiary/aromatic N) is 1. The Bertz CT molecular complexity index is 466. The van der Waals surface area contributed by atoms with Crippen LogP contribution in [0.1, 0.15) is 0 Å². The topological polar surface area (TPSA) is 105 Å². The molecule has 2 N–H and O–H groups in total. The van der Waals surface area contributed by atoms with Gasteiger partial charge < -0.3 is 15.2 Å². The number of ether oxygens (including phenoxy) is 2. The van der Waals surface area contributed by atoms with Crippen LogP contribution in [0.3, 0.4) is 0 Å². The van der Waals surface area contributed by atoms with Crippen molar-refractivity contribution in [3.8, 4) is 5.75 Å². The number of esters is 1. The highest BCUT2D eigenvalue weighted by molar-refractivity contribution is 5.75. The summed E-state index contributed by atoms with van der Waals surface area (Å²) in [6, 6.07) is 2.02. The van der Waals surface area contributed by atoms with Gasteiger partial charge in [0.1, 0.15) is 18.4 Å². The monoisotopic (exact) mass is 258 g/mol. The minimum Gasteiger partial charge on any atom is -0.491 e. The molecule has 1 rings (SSSR count). The zero-order valence-corrected chi connectivity index (χ0v) is 9.46. The standard InChI is InChI=1S/C10H11FN2O5/c1-17-10(14)8(12)5-18-6-2-3-9(13(15)16)7(11)4-6/h2-4,8H,5,12H2,1H3. The maximum atomic E-state index is 13.2. The van der Waals surface area contributed by atoms with Gasteiger partial charge in [-0.3, -0.25) is 14.9 Å². The molecule has 0 heterocycles. The van der Waals surface area contributed by atoms with E-state index in [1.54, 1.807) is 0 Å². The number of hydrogen-bond donors (Lipinski definition) is 1. The van der Waals surface area contributed by atoms with Crippen LogP contribution in [0.4, 0.5) is 10.1 Å². The first-order chi connectivity index (χ1) is 8.45. The van der Waals surface area contributed by atoms with Gasteiger partial charge in [0.2, 0.25) is 5.82 Å². The Morgan fingerprint density at radius 1 is 1.61 bits per heavy atom. The molecule has 1 aromatic carbocycles. The quantitative estimate of drug-likeness (QED) is 0.471. The molecule has 0 aliphatic carbocycles. The summed E-state index contributed by atoms with van der Waals surface area (Å²) in [5, 5.41) is 10.4. The predicted octanol–water partition coefficient (Wildman–Crippen LogP) is 0.613. The first kappa shape index (κ1) is 13.8. The summed E-state index contributed by atoms with van der Waals surface area (Å²) in [4.78, 5) is 20.5. The first-order valence-electron chi connectivity index (χ1n) is 4.86. The van der Waals surface area contributed by atoms with Gasteiger partial charge in [0.15, 0.2) is 0 Å². The van der Waals surface area contributed by atoms with E-state index in [0.29, 0.717) is 0 Å². The van der Waals surface area contributed by atoms with Crippen LogP contribution in [0, 0.1) is 15.9 Å². The maximum Gasteiger partial charge on any atom is 0.326 e. The molecule has 0 saturated carbocycles. The fourth-order valence-corrected chi connectivity index (χ4v) is 1.13. The van der Waals surface area contributed by atoms with Crippen molar-refractivity contribution in [1.29, 1.82) is 0 Å². The van der Waals surface area contributed by atoms with E-state index in [1.165, 1.54) is 13.2 Å². The zero-order valence-electron chi connectivity index (χ0n) is 9.46. The van der Waals surface area contributed by atoms with Gasteiger partial charge in [-0.15, -0.1) is 0 Å². The SMILES string of the molecule is COC(=O)C(N)COc1ccc([N+](=O)[O-])c(F)c1. The van der Waals surface area contributed by atoms with Gasteiger partial charge >= 0.3 is 11.7 Å². The predicted molar refractivity (Wildman–Crippen MR) is 58.5 cm³/mol. The Morgan fingerprint density at radius 3 is 2.78 bits per heavy atom. The van der Waals surface area contributed by atoms with Gasteiger partial charge in [-0.1, -0.05) is 0 Å². The Kier molecular flexibility index (Phi) is 4.55. The molecule has 7 nitrogen and oxygen atoms in total. The van der Waals surface area contributed by atoms with Crippen LogP contribution >= 0.6 is 0 Å². The summed E-state index contributed by atoms with van der Waals surface area (Å²) >= 11 is 0. The van der Waals surface area contributed by atoms with E-state index in [2.05, 4.69) is 4.74 Å². The average Bonchev–Trinajstić information content (AvgIpc) is 2.34. The Morgan fingerprint density at radius 2 is 2.28 bits per heavy atom.